The Hall–Kier alpha value is -1.84. The summed E-state index contributed by atoms with van der Waals surface area (Å²) in [6.45, 7) is 1.06. The number of nitrogens with one attached hydrogen (secondary N) is 2. The van der Waals surface area contributed by atoms with Crippen LogP contribution in [0.1, 0.15) is 35.5 Å². The minimum absolute atomic E-state index is 0.104. The Kier molecular flexibility index (Phi) is 4.06. The van der Waals surface area contributed by atoms with E-state index in [9.17, 15) is 0 Å². The molecule has 4 heteroatoms. The average molecular weight is 326 g/mol. The lowest BCUT2D eigenvalue weighted by Crippen LogP contribution is -2.32. The molecule has 0 amide bonds. The number of alkyl halides is 1. The minimum atomic E-state index is -0.104. The summed E-state index contributed by atoms with van der Waals surface area (Å²) in [6, 6.07) is 18.8. The smallest absolute Gasteiger partial charge is 0.113 e. The number of hydrogen-bond acceptors (Lipinski definition) is 2. The molecule has 1 aliphatic rings. The van der Waals surface area contributed by atoms with Crippen LogP contribution in [0.15, 0.2) is 54.6 Å². The maximum absolute atomic E-state index is 6.91. The number of aromatic amines is 1. The zero-order valence-corrected chi connectivity index (χ0v) is 13.6. The highest BCUT2D eigenvalue weighted by Crippen LogP contribution is 2.40. The molecule has 4 rings (SSSR count). The topological polar surface area (TPSA) is 40.7 Å². The molecule has 3 nitrogen and oxygen atoms in total. The van der Waals surface area contributed by atoms with E-state index in [-0.39, 0.29) is 11.3 Å². The quantitative estimate of drug-likeness (QED) is 0.699. The van der Waals surface area contributed by atoms with Crippen LogP contribution in [0.2, 0.25) is 0 Å². The number of aromatic nitrogens is 2. The number of benzene rings is 2. The largest absolute Gasteiger partial charge is 0.342 e. The number of imidazole rings is 1. The van der Waals surface area contributed by atoms with Gasteiger partial charge < -0.3 is 10.3 Å². The van der Waals surface area contributed by atoms with Crippen LogP contribution in [-0.4, -0.2) is 22.6 Å². The maximum atomic E-state index is 6.91. The van der Waals surface area contributed by atoms with Gasteiger partial charge in [-0.1, -0.05) is 42.5 Å². The molecule has 2 heterocycles. The number of para-hydroxylation sites is 2. The Morgan fingerprint density at radius 3 is 2.57 bits per heavy atom. The Morgan fingerprint density at radius 1 is 1.04 bits per heavy atom. The van der Waals surface area contributed by atoms with Crippen LogP contribution in [0.3, 0.4) is 0 Å². The third-order valence-electron chi connectivity index (χ3n) is 4.69. The highest BCUT2D eigenvalue weighted by Gasteiger charge is 2.34. The molecule has 118 valence electrons. The molecule has 1 aliphatic heterocycles. The van der Waals surface area contributed by atoms with Crippen LogP contribution in [0.4, 0.5) is 0 Å². The van der Waals surface area contributed by atoms with E-state index >= 15 is 0 Å². The molecule has 3 aromatic rings. The van der Waals surface area contributed by atoms with Crippen LogP contribution in [-0.2, 0) is 0 Å². The fourth-order valence-corrected chi connectivity index (χ4v) is 3.97. The van der Waals surface area contributed by atoms with Crippen molar-refractivity contribution in [3.05, 3.63) is 66.0 Å². The monoisotopic (exact) mass is 325 g/mol. The zero-order valence-electron chi connectivity index (χ0n) is 12.9. The molecule has 0 bridgehead atoms. The lowest BCUT2D eigenvalue weighted by molar-refractivity contribution is 0.460. The van der Waals surface area contributed by atoms with E-state index in [0.29, 0.717) is 6.04 Å². The second kappa shape index (κ2) is 6.34. The predicted octanol–water partition coefficient (Wildman–Crippen LogP) is 4.38. The highest BCUT2D eigenvalue weighted by molar-refractivity contribution is 6.21. The van der Waals surface area contributed by atoms with E-state index in [1.807, 2.05) is 36.4 Å². The second-order valence-corrected chi connectivity index (χ2v) is 6.65. The number of fused-ring (bicyclic) bond motifs is 1. The van der Waals surface area contributed by atoms with Gasteiger partial charge in [-0.2, -0.15) is 0 Å². The first-order valence-electron chi connectivity index (χ1n) is 8.20. The van der Waals surface area contributed by atoms with Gasteiger partial charge in [0.05, 0.1) is 22.3 Å². The summed E-state index contributed by atoms with van der Waals surface area (Å²) in [6.07, 6.45) is 2.33. The lowest BCUT2D eigenvalue weighted by atomic mass is 9.90. The van der Waals surface area contributed by atoms with Gasteiger partial charge >= 0.3 is 0 Å². The van der Waals surface area contributed by atoms with E-state index in [1.54, 1.807) is 0 Å². The molecule has 0 aliphatic carbocycles. The van der Waals surface area contributed by atoms with Crippen molar-refractivity contribution in [3.8, 4) is 0 Å². The van der Waals surface area contributed by atoms with Gasteiger partial charge in [-0.15, -0.1) is 11.6 Å². The fraction of sp³-hybridized carbons (Fsp3) is 0.316. The number of nitrogens with zero attached hydrogens (tertiary/aromatic N) is 1. The number of hydrogen-bond donors (Lipinski definition) is 2. The Morgan fingerprint density at radius 2 is 1.83 bits per heavy atom. The van der Waals surface area contributed by atoms with Crippen molar-refractivity contribution in [2.45, 2.75) is 30.2 Å². The molecule has 0 saturated carbocycles. The third-order valence-corrected chi connectivity index (χ3v) is 5.21. The van der Waals surface area contributed by atoms with Crippen LogP contribution in [0, 0.1) is 0 Å². The minimum Gasteiger partial charge on any atom is -0.342 e. The third kappa shape index (κ3) is 2.87. The summed E-state index contributed by atoms with van der Waals surface area (Å²) < 4.78 is 0. The fourth-order valence-electron chi connectivity index (χ4n) is 3.53. The van der Waals surface area contributed by atoms with Crippen molar-refractivity contribution >= 4 is 22.6 Å². The van der Waals surface area contributed by atoms with Gasteiger partial charge in [-0.3, -0.25) is 0 Å². The van der Waals surface area contributed by atoms with Crippen molar-refractivity contribution in [2.75, 3.05) is 6.54 Å². The summed E-state index contributed by atoms with van der Waals surface area (Å²) >= 11 is 6.91. The summed E-state index contributed by atoms with van der Waals surface area (Å²) in [5.41, 5.74) is 3.22. The van der Waals surface area contributed by atoms with Crippen molar-refractivity contribution < 1.29 is 0 Å². The van der Waals surface area contributed by atoms with Crippen LogP contribution >= 0.6 is 11.6 Å². The Labute approximate surface area is 141 Å². The summed E-state index contributed by atoms with van der Waals surface area (Å²) in [7, 11) is 0. The molecule has 3 atom stereocenters. The number of H-pyrrole nitrogens is 1. The molecule has 1 saturated heterocycles. The van der Waals surface area contributed by atoms with Gasteiger partial charge in [0.15, 0.2) is 0 Å². The van der Waals surface area contributed by atoms with Gasteiger partial charge in [0.25, 0.3) is 0 Å². The van der Waals surface area contributed by atoms with Crippen LogP contribution < -0.4 is 5.32 Å². The van der Waals surface area contributed by atoms with Gasteiger partial charge in [0.1, 0.15) is 5.82 Å². The number of halogens is 1. The molecule has 0 radical (unpaired) electrons. The highest BCUT2D eigenvalue weighted by atomic mass is 35.5. The molecule has 23 heavy (non-hydrogen) atoms. The van der Waals surface area contributed by atoms with Crippen LogP contribution in [0.25, 0.3) is 11.0 Å². The Balaban J connectivity index is 1.75. The number of rotatable bonds is 4. The first kappa shape index (κ1) is 14.7. The van der Waals surface area contributed by atoms with Crippen molar-refractivity contribution in [1.29, 1.82) is 0 Å². The van der Waals surface area contributed by atoms with E-state index in [0.717, 1.165) is 35.4 Å². The first-order chi connectivity index (χ1) is 11.3. The maximum Gasteiger partial charge on any atom is 0.113 e. The van der Waals surface area contributed by atoms with Crippen molar-refractivity contribution in [3.63, 3.8) is 0 Å². The lowest BCUT2D eigenvalue weighted by Gasteiger charge is -2.26. The van der Waals surface area contributed by atoms with E-state index < -0.39 is 0 Å². The SMILES string of the molecule is Cl[C@@H](c1ccccc1)C(c1nc2ccccc2[nH]1)C1CCCN1. The zero-order chi connectivity index (χ0) is 15.6. The van der Waals surface area contributed by atoms with Gasteiger partial charge in [-0.05, 0) is 37.1 Å². The van der Waals surface area contributed by atoms with E-state index in [2.05, 4.69) is 28.5 Å². The van der Waals surface area contributed by atoms with E-state index in [4.69, 9.17) is 16.6 Å². The normalized spacial score (nSPS) is 20.7. The molecule has 2 N–H and O–H groups in total. The van der Waals surface area contributed by atoms with Gasteiger partial charge in [0.2, 0.25) is 0 Å². The van der Waals surface area contributed by atoms with Gasteiger partial charge in [0, 0.05) is 6.04 Å². The van der Waals surface area contributed by atoms with Gasteiger partial charge in [-0.25, -0.2) is 4.98 Å². The van der Waals surface area contributed by atoms with E-state index in [1.165, 1.54) is 6.42 Å². The molecule has 2 unspecified atom stereocenters. The molecule has 0 spiro atoms. The molecular weight excluding hydrogens is 306 g/mol. The van der Waals surface area contributed by atoms with Crippen molar-refractivity contribution in [2.24, 2.45) is 0 Å². The Bertz CT molecular complexity index is 744. The first-order valence-corrected chi connectivity index (χ1v) is 8.63. The summed E-state index contributed by atoms with van der Waals surface area (Å²) in [4.78, 5) is 8.31. The summed E-state index contributed by atoms with van der Waals surface area (Å²) in [5, 5.41) is 3.50. The second-order valence-electron chi connectivity index (χ2n) is 6.18. The van der Waals surface area contributed by atoms with Crippen molar-refractivity contribution in [1.82, 2.24) is 15.3 Å². The summed E-state index contributed by atoms with van der Waals surface area (Å²) in [5.74, 6) is 1.11. The van der Waals surface area contributed by atoms with Crippen LogP contribution in [0.5, 0.6) is 0 Å². The molecule has 2 aromatic carbocycles. The average Bonchev–Trinajstić information content (AvgIpc) is 3.25. The predicted molar refractivity (Wildman–Crippen MR) is 94.9 cm³/mol. The molecular formula is C19H20ClN3. The standard InChI is InChI=1S/C19H20ClN3/c20-18(13-7-2-1-3-8-13)17(16-11-6-12-21-16)19-22-14-9-4-5-10-15(14)23-19/h1-5,7-10,16-18,21H,6,11-12H2,(H,22,23)/t16?,17?,18-/m0/s1. The molecule has 1 fully saturated rings. The molecule has 1 aromatic heterocycles.